The third-order valence-electron chi connectivity index (χ3n) is 19.0. The van der Waals surface area contributed by atoms with E-state index in [4.69, 9.17) is 25.9 Å². The molecule has 2 aromatic carbocycles. The second-order valence-electron chi connectivity index (χ2n) is 27.2. The maximum Gasteiger partial charge on any atom is 0.494 e. The summed E-state index contributed by atoms with van der Waals surface area (Å²) < 4.78 is 16.7. The van der Waals surface area contributed by atoms with Crippen LogP contribution < -0.4 is 22.2 Å². The van der Waals surface area contributed by atoms with Gasteiger partial charge >= 0.3 is 7.12 Å². The Kier molecular flexibility index (Phi) is 21.2. The van der Waals surface area contributed by atoms with Crippen LogP contribution in [0.4, 0.5) is 17.5 Å². The van der Waals surface area contributed by atoms with E-state index in [9.17, 15) is 19.2 Å². The fourth-order valence-corrected chi connectivity index (χ4v) is 12.7. The Morgan fingerprint density at radius 1 is 0.646 bits per heavy atom. The van der Waals surface area contributed by atoms with Crippen molar-refractivity contribution >= 4 is 98.2 Å². The second-order valence-corrected chi connectivity index (χ2v) is 28.3. The van der Waals surface area contributed by atoms with Crippen LogP contribution in [-0.2, 0) is 25.3 Å². The normalized spacial score (nSPS) is 18.3. The minimum Gasteiger partial charge on any atom is -0.399 e. The lowest BCUT2D eigenvalue weighted by Gasteiger charge is -2.32. The first kappa shape index (κ1) is 69.0. The number of aromatic nitrogens is 10. The molecule has 5 aliphatic rings. The number of rotatable bonds is 19. The molecule has 25 heteroatoms. The molecule has 5 fully saturated rings. The van der Waals surface area contributed by atoms with Crippen molar-refractivity contribution in [2.24, 2.45) is 0 Å². The zero-order valence-electron chi connectivity index (χ0n) is 56.5. The highest BCUT2D eigenvalue weighted by Crippen LogP contribution is 2.38. The number of fused-ring (bicyclic) bond motifs is 2. The Hall–Kier alpha value is -8.37. The number of nitrogens with one attached hydrogen (secondary N) is 1. The molecule has 0 bridgehead atoms. The van der Waals surface area contributed by atoms with Gasteiger partial charge < -0.3 is 35.9 Å². The summed E-state index contributed by atoms with van der Waals surface area (Å²) in [6, 6.07) is 24.0. The predicted octanol–water partition coefficient (Wildman–Crippen LogP) is 9.64. The number of likely N-dealkylation sites (N-methyl/N-ethyl adjacent to an activating group) is 2. The van der Waals surface area contributed by atoms with Gasteiger partial charge in [-0.3, -0.25) is 34.0 Å². The molecule has 3 amide bonds. The summed E-state index contributed by atoms with van der Waals surface area (Å²) >= 11 is 2.16. The van der Waals surface area contributed by atoms with Gasteiger partial charge in [0.05, 0.1) is 40.5 Å². The molecule has 5 N–H and O–H groups in total. The number of nitrogen functional groups attached to an aromatic ring is 2. The lowest BCUT2D eigenvalue weighted by Crippen LogP contribution is -2.41. The van der Waals surface area contributed by atoms with Gasteiger partial charge in [-0.25, -0.2) is 34.3 Å². The molecule has 2 aliphatic carbocycles. The maximum atomic E-state index is 13.0. The smallest absolute Gasteiger partial charge is 0.399 e. The minimum atomic E-state index is -0.413. The molecule has 3 saturated heterocycles. The number of amides is 3. The number of likely N-dealkylation sites (tertiary alicyclic amines) is 2. The molecule has 2 atom stereocenters. The summed E-state index contributed by atoms with van der Waals surface area (Å²) in [6.07, 6.45) is 20.6. The van der Waals surface area contributed by atoms with Crippen molar-refractivity contribution in [2.45, 2.75) is 148 Å². The Bertz CT molecular complexity index is 4170. The molecular formula is C71H87BIN17O6. The molecule has 0 unspecified atom stereocenters. The zero-order chi connectivity index (χ0) is 68.2. The average Bonchev–Trinajstić information content (AvgIpc) is 1.62. The Labute approximate surface area is 575 Å². The molecule has 0 radical (unpaired) electrons. The number of hydrogen-bond donors (Lipinski definition) is 3. The summed E-state index contributed by atoms with van der Waals surface area (Å²) in [4.78, 5) is 85.0. The van der Waals surface area contributed by atoms with Gasteiger partial charge in [0.15, 0.2) is 17.1 Å². The highest BCUT2D eigenvalue weighted by Gasteiger charge is 2.51. The van der Waals surface area contributed by atoms with Gasteiger partial charge in [-0.05, 0) is 168 Å². The molecule has 96 heavy (non-hydrogen) atoms. The molecule has 6 aromatic heterocycles. The van der Waals surface area contributed by atoms with Gasteiger partial charge in [0.1, 0.15) is 39.5 Å². The molecule has 0 spiro atoms. The third-order valence-corrected chi connectivity index (χ3v) is 19.8. The largest absolute Gasteiger partial charge is 0.494 e. The minimum absolute atomic E-state index is 0.0116. The van der Waals surface area contributed by atoms with E-state index < -0.39 is 7.12 Å². The van der Waals surface area contributed by atoms with Crippen LogP contribution in [0, 0.1) is 3.70 Å². The van der Waals surface area contributed by atoms with Gasteiger partial charge in [-0.1, -0.05) is 76.2 Å². The third kappa shape index (κ3) is 16.2. The number of carbonyl (C=O) groups is 4. The fraction of sp³-hybridized carbons (Fsp3) is 0.437. The van der Waals surface area contributed by atoms with Crippen molar-refractivity contribution in [3.05, 3.63) is 154 Å². The van der Waals surface area contributed by atoms with Crippen molar-refractivity contribution in [3.63, 3.8) is 0 Å². The van der Waals surface area contributed by atoms with Crippen molar-refractivity contribution in [2.75, 3.05) is 70.1 Å². The fourth-order valence-electron chi connectivity index (χ4n) is 12.0. The standard InChI is InChI=1S/C32H37N9O2.C22H28BNO3.C17H22IN7O/c1-20(2)23-12-14-34-26(17-23)37-32(43)22-8-6-21(7-9-22)29-28-30(33)35-19-36-31(28)41(38-29)25-13-16-40(18-25)27(42)5-4-15-39(3)24-10-11-24;1-15(2)17-11-12-24-19(13-17)14-20(25)16-7-9-18(10-8-16)23-26-21(3,4)22(5,6)27-23;1-23(11-4-5-11)7-2-3-13(26)24-8-6-12(9-24)25-17-14(15(18)22-25)16(19)20-10-21-17/h4-9,12,14,17,19-20,24-25H,10-11,13,15-16,18H2,1-3H3,(H2,33,35,36)(H,34,37,43);7-13,15H,14H2,1-6H3;2-3,10-12H,4-9H2,1H3,(H2,19,20,21)/b5-4+;;3-2+/t25-;;12-/m1.1/s1. The highest BCUT2D eigenvalue weighted by molar-refractivity contribution is 14.1. The van der Waals surface area contributed by atoms with Crippen molar-refractivity contribution in [1.82, 2.24) is 69.1 Å². The Morgan fingerprint density at radius 3 is 1.69 bits per heavy atom. The molecule has 9 heterocycles. The number of ketones is 1. The molecular weight excluding hydrogens is 1320 g/mol. The number of nitrogens with two attached hydrogens (primary N) is 2. The Morgan fingerprint density at radius 2 is 1.15 bits per heavy atom. The van der Waals surface area contributed by atoms with Crippen LogP contribution in [0.25, 0.3) is 33.3 Å². The predicted molar refractivity (Wildman–Crippen MR) is 382 cm³/mol. The van der Waals surface area contributed by atoms with Gasteiger partial charge in [0.25, 0.3) is 5.91 Å². The van der Waals surface area contributed by atoms with Gasteiger partial charge in [0.2, 0.25) is 11.8 Å². The molecule has 13 rings (SSSR count). The lowest BCUT2D eigenvalue weighted by molar-refractivity contribution is -0.125. The quantitative estimate of drug-likeness (QED) is 0.0294. The monoisotopic (exact) mass is 1410 g/mol. The number of benzene rings is 2. The lowest BCUT2D eigenvalue weighted by atomic mass is 9.78. The first-order valence-corrected chi connectivity index (χ1v) is 34.2. The van der Waals surface area contributed by atoms with Crippen LogP contribution in [-0.4, -0.2) is 176 Å². The topological polar surface area (TPSA) is 277 Å². The van der Waals surface area contributed by atoms with E-state index in [1.807, 2.05) is 120 Å². The van der Waals surface area contributed by atoms with Crippen molar-refractivity contribution in [3.8, 4) is 11.3 Å². The zero-order valence-corrected chi connectivity index (χ0v) is 58.7. The highest BCUT2D eigenvalue weighted by atomic mass is 127. The van der Waals surface area contributed by atoms with Gasteiger partial charge in [-0.2, -0.15) is 10.2 Å². The number of anilines is 3. The maximum absolute atomic E-state index is 13.0. The summed E-state index contributed by atoms with van der Waals surface area (Å²) in [5.74, 6) is 1.93. The summed E-state index contributed by atoms with van der Waals surface area (Å²) in [5, 5.41) is 13.9. The van der Waals surface area contributed by atoms with Crippen LogP contribution in [0.5, 0.6) is 0 Å². The van der Waals surface area contributed by atoms with Gasteiger partial charge in [-0.15, -0.1) is 0 Å². The van der Waals surface area contributed by atoms with Crippen LogP contribution in [0.3, 0.4) is 0 Å². The molecule has 3 aliphatic heterocycles. The number of hydrogen-bond acceptors (Lipinski definition) is 18. The molecule has 23 nitrogen and oxygen atoms in total. The number of halogens is 1. The SMILES string of the molecule is CC(C)c1ccnc(CC(=O)c2ccc(B3OC(C)(C)C(C)(C)O3)cc2)c1.CC(C)c1ccnc(NC(=O)c2ccc(-c3nn([C@@H]4CCN(C(=O)/C=C/CN(C)C5CC5)C4)c4ncnc(N)c34)cc2)c1.CN(C/C=C/C(=O)N1CC[C@@H](n2nc(I)c3c(N)ncnc32)C1)C1CC1. The van der Waals surface area contributed by atoms with E-state index in [1.54, 1.807) is 36.7 Å². The summed E-state index contributed by atoms with van der Waals surface area (Å²) in [5.41, 5.74) is 19.5. The first-order chi connectivity index (χ1) is 45.9. The number of nitrogens with zero attached hydrogens (tertiary/aromatic N) is 14. The molecule has 2 saturated carbocycles. The second kappa shape index (κ2) is 29.5. The first-order valence-electron chi connectivity index (χ1n) is 33.2. The van der Waals surface area contributed by atoms with E-state index in [2.05, 4.69) is 115 Å². The molecule has 8 aromatic rings. The number of carbonyl (C=O) groups excluding carboxylic acids is 4. The average molecular weight is 1410 g/mol. The van der Waals surface area contributed by atoms with Crippen LogP contribution in [0.1, 0.15) is 155 Å². The van der Waals surface area contributed by atoms with E-state index in [-0.39, 0.29) is 46.8 Å². The van der Waals surface area contributed by atoms with Crippen LogP contribution in [0.2, 0.25) is 0 Å². The van der Waals surface area contributed by atoms with E-state index in [0.717, 1.165) is 69.5 Å². The summed E-state index contributed by atoms with van der Waals surface area (Å²) in [7, 11) is 3.79. The number of pyridine rings is 2. The number of Topliss-reactive ketones (excluding diaryl/α,β-unsaturated/α-hetero) is 1. The van der Waals surface area contributed by atoms with E-state index in [1.165, 1.54) is 43.9 Å². The van der Waals surface area contributed by atoms with Crippen LogP contribution in [0.15, 0.2) is 122 Å². The summed E-state index contributed by atoms with van der Waals surface area (Å²) in [6.45, 7) is 20.7. The van der Waals surface area contributed by atoms with Crippen LogP contribution >= 0.6 is 22.6 Å². The van der Waals surface area contributed by atoms with E-state index in [0.29, 0.717) is 95.3 Å². The Balaban J connectivity index is 0.000000154. The molecule has 502 valence electrons. The van der Waals surface area contributed by atoms with Gasteiger partial charge in [0, 0.05) is 98.3 Å². The van der Waals surface area contributed by atoms with Crippen molar-refractivity contribution < 1.29 is 28.5 Å². The van der Waals surface area contributed by atoms with E-state index >= 15 is 0 Å². The van der Waals surface area contributed by atoms with Crippen molar-refractivity contribution in [1.29, 1.82) is 0 Å².